The van der Waals surface area contributed by atoms with Crippen LogP contribution in [0.15, 0.2) is 46.9 Å². The quantitative estimate of drug-likeness (QED) is 0.673. The summed E-state index contributed by atoms with van der Waals surface area (Å²) in [6.07, 6.45) is 8.09. The van der Waals surface area contributed by atoms with Crippen LogP contribution in [-0.4, -0.2) is 32.2 Å². The number of hydrogen-bond donors (Lipinski definition) is 0. The van der Waals surface area contributed by atoms with Crippen molar-refractivity contribution in [3.8, 4) is 0 Å². The number of benzene rings is 1. The Kier molecular flexibility index (Phi) is 5.93. The summed E-state index contributed by atoms with van der Waals surface area (Å²) in [6, 6.07) is 10.5. The van der Waals surface area contributed by atoms with Crippen molar-refractivity contribution in [1.29, 1.82) is 0 Å². The first-order valence-electron chi connectivity index (χ1n) is 8.64. The zero-order valence-corrected chi connectivity index (χ0v) is 16.2. The van der Waals surface area contributed by atoms with Crippen LogP contribution in [-0.2, 0) is 20.9 Å². The molecule has 0 unspecified atom stereocenters. The van der Waals surface area contributed by atoms with E-state index < -0.39 is 6.49 Å². The molecule has 1 aromatic carbocycles. The molecule has 0 radical (unpaired) electrons. The van der Waals surface area contributed by atoms with E-state index in [1.165, 1.54) is 41.4 Å². The lowest BCUT2D eigenvalue weighted by molar-refractivity contribution is 0.288. The van der Waals surface area contributed by atoms with Gasteiger partial charge in [-0.1, -0.05) is 30.3 Å². The highest BCUT2D eigenvalue weighted by Crippen LogP contribution is 2.62. The molecule has 0 amide bonds. The van der Waals surface area contributed by atoms with E-state index in [1.807, 2.05) is 0 Å². The van der Waals surface area contributed by atoms with E-state index in [0.29, 0.717) is 0 Å². The topological polar surface area (TPSA) is 21.7 Å². The van der Waals surface area contributed by atoms with E-state index in [9.17, 15) is 0 Å². The third kappa shape index (κ3) is 3.67. The molecule has 2 aliphatic rings. The fourth-order valence-electron chi connectivity index (χ4n) is 3.63. The first kappa shape index (κ1) is 17.9. The molecule has 1 saturated heterocycles. The Morgan fingerprint density at radius 2 is 1.67 bits per heavy atom. The fraction of sp³-hybridized carbons (Fsp3) is 0.474. The molecular formula is C19H26NO2PS. The largest absolute Gasteiger partial charge is 0.371 e. The second kappa shape index (κ2) is 7.97. The lowest BCUT2D eigenvalue weighted by Gasteiger charge is -2.33. The van der Waals surface area contributed by atoms with Crippen molar-refractivity contribution >= 4 is 24.4 Å². The zero-order valence-electron chi connectivity index (χ0n) is 14.5. The van der Waals surface area contributed by atoms with Gasteiger partial charge in [-0.3, -0.25) is 0 Å². The number of allylic oxidation sites excluding steroid dienone is 2. The molecule has 0 saturated carbocycles. The lowest BCUT2D eigenvalue weighted by atomic mass is 10.1. The molecule has 1 aliphatic heterocycles. The average molecular weight is 363 g/mol. The summed E-state index contributed by atoms with van der Waals surface area (Å²) in [5.74, 6) is 0. The van der Waals surface area contributed by atoms with Crippen molar-refractivity contribution in [3.05, 3.63) is 52.5 Å². The highest BCUT2D eigenvalue weighted by molar-refractivity contribution is 8.11. The van der Waals surface area contributed by atoms with Gasteiger partial charge < -0.3 is 13.9 Å². The van der Waals surface area contributed by atoms with Gasteiger partial charge in [0.15, 0.2) is 0 Å². The molecule has 1 aromatic rings. The minimum atomic E-state index is -2.36. The molecule has 0 atom stereocenters. The summed E-state index contributed by atoms with van der Waals surface area (Å²) < 4.78 is 11.4. The second-order valence-electron chi connectivity index (χ2n) is 6.29. The van der Waals surface area contributed by atoms with E-state index in [4.69, 9.17) is 20.9 Å². The molecular weight excluding hydrogens is 337 g/mol. The monoisotopic (exact) mass is 363 g/mol. The average Bonchev–Trinajstić information content (AvgIpc) is 3.07. The number of likely N-dealkylation sites (tertiary alicyclic amines) is 1. The Morgan fingerprint density at radius 1 is 1.00 bits per heavy atom. The molecule has 3 rings (SSSR count). The van der Waals surface area contributed by atoms with Crippen LogP contribution < -0.4 is 0 Å². The first-order chi connectivity index (χ1) is 11.7. The summed E-state index contributed by atoms with van der Waals surface area (Å²) in [5, 5.41) is 1.21. The van der Waals surface area contributed by atoms with Crippen molar-refractivity contribution in [2.75, 3.05) is 27.3 Å². The normalized spacial score (nSPS) is 20.9. The Labute approximate surface area is 150 Å². The van der Waals surface area contributed by atoms with Gasteiger partial charge in [0, 0.05) is 38.3 Å². The Balaban J connectivity index is 2.05. The van der Waals surface area contributed by atoms with Crippen molar-refractivity contribution in [3.63, 3.8) is 0 Å². The Bertz CT molecular complexity index is 670. The molecule has 1 heterocycles. The lowest BCUT2D eigenvalue weighted by Crippen LogP contribution is -2.29. The van der Waals surface area contributed by atoms with Crippen LogP contribution in [0.25, 0.3) is 6.08 Å². The summed E-state index contributed by atoms with van der Waals surface area (Å²) in [7, 11) is 3.37. The van der Waals surface area contributed by atoms with Crippen LogP contribution >= 0.6 is 6.49 Å². The van der Waals surface area contributed by atoms with Gasteiger partial charge in [0.05, 0.1) is 0 Å². The van der Waals surface area contributed by atoms with Crippen LogP contribution in [0.4, 0.5) is 0 Å². The first-order valence-corrected chi connectivity index (χ1v) is 11.3. The summed E-state index contributed by atoms with van der Waals surface area (Å²) >= 11 is 5.78. The molecule has 130 valence electrons. The van der Waals surface area contributed by atoms with E-state index in [-0.39, 0.29) is 0 Å². The summed E-state index contributed by atoms with van der Waals surface area (Å²) in [4.78, 5) is 2.51. The molecule has 1 fully saturated rings. The van der Waals surface area contributed by atoms with Crippen LogP contribution in [0.2, 0.25) is 0 Å². The maximum atomic E-state index is 5.78. The van der Waals surface area contributed by atoms with E-state index >= 15 is 0 Å². The molecule has 24 heavy (non-hydrogen) atoms. The number of rotatable bonds is 5. The Hall–Kier alpha value is -0.930. The van der Waals surface area contributed by atoms with Crippen molar-refractivity contribution in [2.24, 2.45) is 0 Å². The van der Waals surface area contributed by atoms with Crippen molar-refractivity contribution in [2.45, 2.75) is 32.1 Å². The molecule has 0 bridgehead atoms. The van der Waals surface area contributed by atoms with Gasteiger partial charge >= 0.3 is 0 Å². The van der Waals surface area contributed by atoms with Crippen LogP contribution in [0.5, 0.6) is 0 Å². The second-order valence-corrected chi connectivity index (χ2v) is 9.99. The van der Waals surface area contributed by atoms with Crippen LogP contribution in [0, 0.1) is 0 Å². The number of hydrogen-bond acceptors (Lipinski definition) is 4. The molecule has 0 aromatic heterocycles. The van der Waals surface area contributed by atoms with Crippen LogP contribution in [0.3, 0.4) is 0 Å². The molecule has 0 N–H and O–H groups in total. The van der Waals surface area contributed by atoms with Gasteiger partial charge in [-0.25, -0.2) is 0 Å². The van der Waals surface area contributed by atoms with Gasteiger partial charge in [0.1, 0.15) is 0 Å². The summed E-state index contributed by atoms with van der Waals surface area (Å²) in [6.45, 7) is -0.153. The smallest absolute Gasteiger partial charge is 0.217 e. The predicted molar refractivity (Wildman–Crippen MR) is 104 cm³/mol. The fourth-order valence-corrected chi connectivity index (χ4v) is 5.68. The minimum absolute atomic E-state index is 0.948. The maximum Gasteiger partial charge on any atom is 0.217 e. The molecule has 0 spiro atoms. The third-order valence-electron chi connectivity index (χ3n) is 4.83. The SMILES string of the molecule is COP(=S)(OC)C1=C(N2CCCCC2)/C(=C\c2ccccc2)CC1. The van der Waals surface area contributed by atoms with Gasteiger partial charge in [0.25, 0.3) is 0 Å². The number of nitrogens with zero attached hydrogens (tertiary/aromatic N) is 1. The predicted octanol–water partition coefficient (Wildman–Crippen LogP) is 5.16. The van der Waals surface area contributed by atoms with Gasteiger partial charge in [-0.15, -0.1) is 0 Å². The Morgan fingerprint density at radius 3 is 2.29 bits per heavy atom. The highest BCUT2D eigenvalue weighted by atomic mass is 32.5. The molecule has 1 aliphatic carbocycles. The number of piperidine rings is 1. The summed E-state index contributed by atoms with van der Waals surface area (Å²) in [5.41, 5.74) is 3.93. The maximum absolute atomic E-state index is 5.78. The van der Waals surface area contributed by atoms with E-state index in [1.54, 1.807) is 14.2 Å². The molecule has 5 heteroatoms. The van der Waals surface area contributed by atoms with Crippen molar-refractivity contribution < 1.29 is 9.05 Å². The minimum Gasteiger partial charge on any atom is -0.371 e. The zero-order chi connectivity index (χ0) is 17.0. The molecule has 3 nitrogen and oxygen atoms in total. The highest BCUT2D eigenvalue weighted by Gasteiger charge is 2.34. The van der Waals surface area contributed by atoms with Crippen molar-refractivity contribution in [1.82, 2.24) is 4.90 Å². The van der Waals surface area contributed by atoms with Gasteiger partial charge in [-0.05, 0) is 61.1 Å². The third-order valence-corrected chi connectivity index (χ3v) is 8.45. The van der Waals surface area contributed by atoms with E-state index in [2.05, 4.69) is 41.3 Å². The van der Waals surface area contributed by atoms with Gasteiger partial charge in [0.2, 0.25) is 6.49 Å². The van der Waals surface area contributed by atoms with E-state index in [0.717, 1.165) is 25.9 Å². The van der Waals surface area contributed by atoms with Gasteiger partial charge in [-0.2, -0.15) is 0 Å². The standard InChI is InChI=1S/C19H26NO2PS/c1-21-23(24,22-2)18-12-11-17(15-16-9-5-3-6-10-16)19(18)20-13-7-4-8-14-20/h3,5-6,9-10,15H,4,7-8,11-14H2,1-2H3/b17-15-. The van der Waals surface area contributed by atoms with Crippen LogP contribution in [0.1, 0.15) is 37.7 Å².